The van der Waals surface area contributed by atoms with Gasteiger partial charge in [0.05, 0.1) is 11.4 Å². The lowest BCUT2D eigenvalue weighted by Gasteiger charge is -2.19. The van der Waals surface area contributed by atoms with Crippen LogP contribution in [0.3, 0.4) is 0 Å². The third-order valence-electron chi connectivity index (χ3n) is 5.41. The summed E-state index contributed by atoms with van der Waals surface area (Å²) in [6, 6.07) is 26.8. The van der Waals surface area contributed by atoms with Gasteiger partial charge in [0.1, 0.15) is 0 Å². The predicted octanol–water partition coefficient (Wildman–Crippen LogP) is 3.32. The molecule has 0 aliphatic heterocycles. The van der Waals surface area contributed by atoms with E-state index in [-0.39, 0.29) is 29.3 Å². The van der Waals surface area contributed by atoms with E-state index < -0.39 is 10.0 Å². The van der Waals surface area contributed by atoms with Gasteiger partial charge in [0.25, 0.3) is 0 Å². The highest BCUT2D eigenvalue weighted by Crippen LogP contribution is 2.27. The van der Waals surface area contributed by atoms with Gasteiger partial charge in [0.15, 0.2) is 0 Å². The summed E-state index contributed by atoms with van der Waals surface area (Å²) in [6.45, 7) is 2.54. The van der Waals surface area contributed by atoms with Gasteiger partial charge in [0, 0.05) is 18.5 Å². The SMILES string of the molecule is C[C@H](NCC(=O)NCCC(c1ccccc1)c1ccccc1)c1cccc(S(N)(=O)=O)c1. The molecule has 0 heterocycles. The molecule has 7 heteroatoms. The van der Waals surface area contributed by atoms with Crippen LogP contribution < -0.4 is 15.8 Å². The van der Waals surface area contributed by atoms with Crippen molar-refractivity contribution < 1.29 is 13.2 Å². The molecule has 3 aromatic rings. The minimum absolute atomic E-state index is 0.0565. The number of benzene rings is 3. The quantitative estimate of drug-likeness (QED) is 0.440. The molecule has 0 fully saturated rings. The highest BCUT2D eigenvalue weighted by molar-refractivity contribution is 7.89. The van der Waals surface area contributed by atoms with Crippen LogP contribution >= 0.6 is 0 Å². The van der Waals surface area contributed by atoms with Gasteiger partial charge in [-0.15, -0.1) is 0 Å². The number of carbonyl (C=O) groups is 1. The van der Waals surface area contributed by atoms with Crippen molar-refractivity contribution in [2.45, 2.75) is 30.2 Å². The molecular formula is C25H29N3O3S. The van der Waals surface area contributed by atoms with Crippen LogP contribution in [0.25, 0.3) is 0 Å². The molecule has 3 rings (SSSR count). The van der Waals surface area contributed by atoms with Gasteiger partial charge in [-0.05, 0) is 42.2 Å². The lowest BCUT2D eigenvalue weighted by atomic mass is 9.88. The van der Waals surface area contributed by atoms with E-state index in [0.717, 1.165) is 12.0 Å². The van der Waals surface area contributed by atoms with E-state index in [1.54, 1.807) is 12.1 Å². The zero-order chi connectivity index (χ0) is 23.0. The first kappa shape index (κ1) is 23.7. The lowest BCUT2D eigenvalue weighted by Crippen LogP contribution is -2.36. The molecule has 0 bridgehead atoms. The molecule has 0 aromatic heterocycles. The lowest BCUT2D eigenvalue weighted by molar-refractivity contribution is -0.120. The second-order valence-corrected chi connectivity index (χ2v) is 9.29. The largest absolute Gasteiger partial charge is 0.355 e. The van der Waals surface area contributed by atoms with Crippen molar-refractivity contribution in [3.8, 4) is 0 Å². The van der Waals surface area contributed by atoms with Crippen LogP contribution in [0.15, 0.2) is 89.8 Å². The Morgan fingerprint density at radius 3 is 2.00 bits per heavy atom. The van der Waals surface area contributed by atoms with E-state index >= 15 is 0 Å². The van der Waals surface area contributed by atoms with Crippen molar-refractivity contribution in [1.82, 2.24) is 10.6 Å². The summed E-state index contributed by atoms with van der Waals surface area (Å²) in [4.78, 5) is 12.4. The van der Waals surface area contributed by atoms with Crippen LogP contribution in [-0.2, 0) is 14.8 Å². The fourth-order valence-corrected chi connectivity index (χ4v) is 4.21. The van der Waals surface area contributed by atoms with Crippen LogP contribution in [0, 0.1) is 0 Å². The van der Waals surface area contributed by atoms with Crippen molar-refractivity contribution in [3.05, 3.63) is 102 Å². The number of hydrogen-bond donors (Lipinski definition) is 3. The first-order valence-corrected chi connectivity index (χ1v) is 12.1. The highest BCUT2D eigenvalue weighted by Gasteiger charge is 2.15. The molecule has 4 N–H and O–H groups in total. The average molecular weight is 452 g/mol. The highest BCUT2D eigenvalue weighted by atomic mass is 32.2. The molecule has 0 unspecified atom stereocenters. The minimum Gasteiger partial charge on any atom is -0.355 e. The van der Waals surface area contributed by atoms with Gasteiger partial charge in [-0.2, -0.15) is 0 Å². The average Bonchev–Trinajstić information content (AvgIpc) is 2.81. The van der Waals surface area contributed by atoms with Crippen LogP contribution in [0.1, 0.15) is 42.0 Å². The van der Waals surface area contributed by atoms with Crippen LogP contribution in [0.5, 0.6) is 0 Å². The Balaban J connectivity index is 1.53. The summed E-state index contributed by atoms with van der Waals surface area (Å²) in [5, 5.41) is 11.3. The van der Waals surface area contributed by atoms with Crippen LogP contribution in [-0.4, -0.2) is 27.4 Å². The van der Waals surface area contributed by atoms with Crippen LogP contribution in [0.4, 0.5) is 0 Å². The first-order chi connectivity index (χ1) is 15.3. The Morgan fingerprint density at radius 1 is 0.875 bits per heavy atom. The molecule has 6 nitrogen and oxygen atoms in total. The predicted molar refractivity (Wildman–Crippen MR) is 127 cm³/mol. The molecule has 168 valence electrons. The Morgan fingerprint density at radius 2 is 1.44 bits per heavy atom. The summed E-state index contributed by atoms with van der Waals surface area (Å²) in [5.41, 5.74) is 3.18. The number of nitrogens with one attached hydrogen (secondary N) is 2. The minimum atomic E-state index is -3.76. The molecule has 1 amide bonds. The summed E-state index contributed by atoms with van der Waals surface area (Å²) < 4.78 is 23.1. The van der Waals surface area contributed by atoms with Gasteiger partial charge < -0.3 is 10.6 Å². The summed E-state index contributed by atoms with van der Waals surface area (Å²) in [6.07, 6.45) is 0.783. The molecule has 0 saturated carbocycles. The molecular weight excluding hydrogens is 422 g/mol. The molecule has 0 radical (unpaired) electrons. The molecule has 3 aromatic carbocycles. The molecule has 0 saturated heterocycles. The van der Waals surface area contributed by atoms with E-state index in [2.05, 4.69) is 34.9 Å². The summed E-state index contributed by atoms with van der Waals surface area (Å²) >= 11 is 0. The van der Waals surface area contributed by atoms with Crippen molar-refractivity contribution in [1.29, 1.82) is 0 Å². The number of amides is 1. The Labute approximate surface area is 189 Å². The van der Waals surface area contributed by atoms with E-state index in [4.69, 9.17) is 5.14 Å². The second-order valence-electron chi connectivity index (χ2n) is 7.73. The fraction of sp³-hybridized carbons (Fsp3) is 0.240. The van der Waals surface area contributed by atoms with Gasteiger partial charge in [0.2, 0.25) is 15.9 Å². The van der Waals surface area contributed by atoms with Gasteiger partial charge in [-0.1, -0.05) is 72.8 Å². The third kappa shape index (κ3) is 6.75. The zero-order valence-corrected chi connectivity index (χ0v) is 18.9. The summed E-state index contributed by atoms with van der Waals surface area (Å²) in [7, 11) is -3.76. The smallest absolute Gasteiger partial charge is 0.238 e. The third-order valence-corrected chi connectivity index (χ3v) is 6.33. The molecule has 0 spiro atoms. The van der Waals surface area contributed by atoms with Gasteiger partial charge in [-0.25, -0.2) is 13.6 Å². The molecule has 0 aliphatic rings. The first-order valence-electron chi connectivity index (χ1n) is 10.6. The number of carbonyl (C=O) groups excluding carboxylic acids is 1. The van der Waals surface area contributed by atoms with E-state index in [1.807, 2.05) is 43.3 Å². The zero-order valence-electron chi connectivity index (χ0n) is 18.1. The topological polar surface area (TPSA) is 101 Å². The van der Waals surface area contributed by atoms with E-state index in [9.17, 15) is 13.2 Å². The van der Waals surface area contributed by atoms with Crippen molar-refractivity contribution in [2.75, 3.05) is 13.1 Å². The molecule has 1 atom stereocenters. The maximum atomic E-state index is 12.4. The van der Waals surface area contributed by atoms with Crippen molar-refractivity contribution in [3.63, 3.8) is 0 Å². The molecule has 0 aliphatic carbocycles. The van der Waals surface area contributed by atoms with Gasteiger partial charge in [-0.3, -0.25) is 4.79 Å². The van der Waals surface area contributed by atoms with E-state index in [0.29, 0.717) is 6.54 Å². The van der Waals surface area contributed by atoms with Gasteiger partial charge >= 0.3 is 0 Å². The normalized spacial score (nSPS) is 12.5. The molecule has 32 heavy (non-hydrogen) atoms. The standard InChI is InChI=1S/C25H29N3O3S/c1-19(22-13-8-14-23(17-22)32(26,30)31)28-18-25(29)27-16-15-24(20-9-4-2-5-10-20)21-11-6-3-7-12-21/h2-14,17,19,24,28H,15-16,18H2,1H3,(H,27,29)(H2,26,30,31)/t19-/m0/s1. The van der Waals surface area contributed by atoms with Crippen molar-refractivity contribution in [2.24, 2.45) is 5.14 Å². The monoisotopic (exact) mass is 451 g/mol. The second kappa shape index (κ2) is 11.0. The number of hydrogen-bond acceptors (Lipinski definition) is 4. The maximum Gasteiger partial charge on any atom is 0.238 e. The van der Waals surface area contributed by atoms with Crippen LogP contribution in [0.2, 0.25) is 0 Å². The van der Waals surface area contributed by atoms with Crippen molar-refractivity contribution >= 4 is 15.9 Å². The number of primary sulfonamides is 1. The fourth-order valence-electron chi connectivity index (χ4n) is 3.64. The Hall–Kier alpha value is -3.00. The Bertz CT molecular complexity index is 1080. The Kier molecular flexibility index (Phi) is 8.16. The number of nitrogens with two attached hydrogens (primary N) is 1. The number of sulfonamides is 1. The van der Waals surface area contributed by atoms with E-state index in [1.165, 1.54) is 23.3 Å². The maximum absolute atomic E-state index is 12.4. The summed E-state index contributed by atoms with van der Waals surface area (Å²) in [5.74, 6) is 0.0878. The number of rotatable bonds is 10.